The number of nitrogens with zero attached hydrogens (tertiary/aromatic N) is 1. The summed E-state index contributed by atoms with van der Waals surface area (Å²) in [6, 6.07) is 7.88. The lowest BCUT2D eigenvalue weighted by atomic mass is 10.2. The normalized spacial score (nSPS) is 9.73. The highest BCUT2D eigenvalue weighted by atomic mass is 79.9. The van der Waals surface area contributed by atoms with E-state index in [0.717, 1.165) is 12.1 Å². The molecule has 0 aliphatic carbocycles. The third-order valence-electron chi connectivity index (χ3n) is 2.12. The van der Waals surface area contributed by atoms with Gasteiger partial charge in [-0.2, -0.15) is 13.2 Å². The van der Waals surface area contributed by atoms with Gasteiger partial charge in [0, 0.05) is 6.20 Å². The Hall–Kier alpha value is -1.82. The molecule has 0 saturated heterocycles. The molecule has 0 amide bonds. The van der Waals surface area contributed by atoms with Crippen LogP contribution < -0.4 is 4.74 Å². The minimum absolute atomic E-state index is 0.294. The van der Waals surface area contributed by atoms with E-state index in [0.29, 0.717) is 16.1 Å². The van der Waals surface area contributed by atoms with Crippen molar-refractivity contribution < 1.29 is 17.9 Å². The van der Waals surface area contributed by atoms with E-state index in [1.807, 2.05) is 13.8 Å². The summed E-state index contributed by atoms with van der Waals surface area (Å²) in [5.74, 6) is 0.597. The van der Waals surface area contributed by atoms with Gasteiger partial charge in [0.2, 0.25) is 5.88 Å². The van der Waals surface area contributed by atoms with E-state index < -0.39 is 11.7 Å². The van der Waals surface area contributed by atoms with Gasteiger partial charge in [-0.25, -0.2) is 4.98 Å². The van der Waals surface area contributed by atoms with E-state index in [4.69, 9.17) is 4.74 Å². The molecule has 0 N–H and O–H groups in total. The minimum Gasteiger partial charge on any atom is -0.438 e. The van der Waals surface area contributed by atoms with Crippen LogP contribution in [0.3, 0.4) is 0 Å². The van der Waals surface area contributed by atoms with Crippen LogP contribution in [0.1, 0.15) is 19.4 Å². The van der Waals surface area contributed by atoms with Gasteiger partial charge in [-0.15, -0.1) is 13.2 Å². The summed E-state index contributed by atoms with van der Waals surface area (Å²) in [4.78, 5) is 3.95. The molecular weight excluding hydrogens is 359 g/mol. The number of pyridine rings is 1. The maximum atomic E-state index is 12.3. The van der Waals surface area contributed by atoms with Gasteiger partial charge in [0.25, 0.3) is 0 Å². The van der Waals surface area contributed by atoms with Crippen molar-refractivity contribution in [1.29, 1.82) is 0 Å². The SMILES string of the molecule is C=C.CC.FC(F)(F)c1ccc(Oc2ncccc2Br)cc1. The summed E-state index contributed by atoms with van der Waals surface area (Å²) < 4.78 is 43.0. The van der Waals surface area contributed by atoms with Crippen LogP contribution in [-0.2, 0) is 6.18 Å². The first-order valence-corrected chi connectivity index (χ1v) is 7.22. The Morgan fingerprint density at radius 3 is 2.05 bits per heavy atom. The summed E-state index contributed by atoms with van der Waals surface area (Å²) in [5.41, 5.74) is -0.713. The predicted octanol–water partition coefficient (Wildman–Crippen LogP) is 6.48. The quantitative estimate of drug-likeness (QED) is 0.560. The van der Waals surface area contributed by atoms with Crippen molar-refractivity contribution >= 4 is 15.9 Å². The Balaban J connectivity index is 0.00000102. The van der Waals surface area contributed by atoms with Gasteiger partial charge >= 0.3 is 6.18 Å². The van der Waals surface area contributed by atoms with Crippen molar-refractivity contribution in [3.05, 3.63) is 65.8 Å². The molecule has 0 aliphatic rings. The molecular formula is C16H17BrF3NO. The first-order valence-electron chi connectivity index (χ1n) is 6.42. The van der Waals surface area contributed by atoms with Crippen LogP contribution >= 0.6 is 15.9 Å². The summed E-state index contributed by atoms with van der Waals surface area (Å²) in [7, 11) is 0. The number of alkyl halides is 3. The molecule has 0 radical (unpaired) electrons. The predicted molar refractivity (Wildman–Crippen MR) is 86.1 cm³/mol. The Kier molecular flexibility index (Phi) is 9.17. The Labute approximate surface area is 136 Å². The molecule has 2 rings (SSSR count). The largest absolute Gasteiger partial charge is 0.438 e. The minimum atomic E-state index is -4.34. The van der Waals surface area contributed by atoms with E-state index in [2.05, 4.69) is 34.1 Å². The molecule has 0 aliphatic heterocycles. The number of aromatic nitrogens is 1. The van der Waals surface area contributed by atoms with Gasteiger partial charge in [0.1, 0.15) is 5.75 Å². The van der Waals surface area contributed by atoms with Crippen molar-refractivity contribution in [2.45, 2.75) is 20.0 Å². The third kappa shape index (κ3) is 6.30. The second kappa shape index (κ2) is 10.00. The van der Waals surface area contributed by atoms with E-state index >= 15 is 0 Å². The maximum absolute atomic E-state index is 12.3. The number of ether oxygens (including phenoxy) is 1. The fourth-order valence-electron chi connectivity index (χ4n) is 1.27. The molecule has 1 aromatic heterocycles. The Morgan fingerprint density at radius 2 is 1.59 bits per heavy atom. The molecule has 2 aromatic rings. The van der Waals surface area contributed by atoms with Crippen LogP contribution in [-0.4, -0.2) is 4.98 Å². The van der Waals surface area contributed by atoms with Crippen LogP contribution in [0.15, 0.2) is 60.2 Å². The lowest BCUT2D eigenvalue weighted by Crippen LogP contribution is -2.04. The van der Waals surface area contributed by atoms with Crippen molar-refractivity contribution in [2.75, 3.05) is 0 Å². The topological polar surface area (TPSA) is 22.1 Å². The highest BCUT2D eigenvalue weighted by Crippen LogP contribution is 2.32. The summed E-state index contributed by atoms with van der Waals surface area (Å²) in [6.45, 7) is 10.0. The molecule has 1 aromatic carbocycles. The van der Waals surface area contributed by atoms with E-state index in [9.17, 15) is 13.2 Å². The highest BCUT2D eigenvalue weighted by Gasteiger charge is 2.30. The molecule has 0 saturated carbocycles. The lowest BCUT2D eigenvalue weighted by Gasteiger charge is -2.09. The summed E-state index contributed by atoms with van der Waals surface area (Å²) in [5, 5.41) is 0. The highest BCUT2D eigenvalue weighted by molar-refractivity contribution is 9.10. The van der Waals surface area contributed by atoms with Crippen molar-refractivity contribution in [3.8, 4) is 11.6 Å². The fourth-order valence-corrected chi connectivity index (χ4v) is 1.61. The second-order valence-corrected chi connectivity index (χ2v) is 4.27. The molecule has 0 atom stereocenters. The second-order valence-electron chi connectivity index (χ2n) is 3.41. The summed E-state index contributed by atoms with van der Waals surface area (Å²) in [6.07, 6.45) is -2.81. The van der Waals surface area contributed by atoms with E-state index in [1.54, 1.807) is 12.1 Å². The van der Waals surface area contributed by atoms with E-state index in [-0.39, 0.29) is 0 Å². The first-order chi connectivity index (χ1) is 10.5. The van der Waals surface area contributed by atoms with E-state index in [1.165, 1.54) is 18.3 Å². The van der Waals surface area contributed by atoms with Gasteiger partial charge in [0.15, 0.2) is 0 Å². The maximum Gasteiger partial charge on any atom is 0.416 e. The van der Waals surface area contributed by atoms with Gasteiger partial charge in [-0.1, -0.05) is 13.8 Å². The number of rotatable bonds is 2. The van der Waals surface area contributed by atoms with Crippen LogP contribution in [0.25, 0.3) is 0 Å². The van der Waals surface area contributed by atoms with Gasteiger partial charge in [0.05, 0.1) is 10.0 Å². The number of hydrogen-bond acceptors (Lipinski definition) is 2. The smallest absolute Gasteiger partial charge is 0.416 e. The fraction of sp³-hybridized carbons (Fsp3) is 0.188. The lowest BCUT2D eigenvalue weighted by molar-refractivity contribution is -0.137. The molecule has 0 fully saturated rings. The Bertz CT molecular complexity index is 556. The third-order valence-corrected chi connectivity index (χ3v) is 2.72. The molecule has 2 nitrogen and oxygen atoms in total. The van der Waals surface area contributed by atoms with Gasteiger partial charge in [-0.05, 0) is 52.3 Å². The van der Waals surface area contributed by atoms with Crippen LogP contribution in [0.5, 0.6) is 11.6 Å². The number of benzene rings is 1. The van der Waals surface area contributed by atoms with Crippen LogP contribution in [0.4, 0.5) is 13.2 Å². The molecule has 0 bridgehead atoms. The zero-order valence-corrected chi connectivity index (χ0v) is 13.9. The molecule has 22 heavy (non-hydrogen) atoms. The zero-order chi connectivity index (χ0) is 17.2. The molecule has 6 heteroatoms. The van der Waals surface area contributed by atoms with Crippen molar-refractivity contribution in [3.63, 3.8) is 0 Å². The van der Waals surface area contributed by atoms with Crippen LogP contribution in [0, 0.1) is 0 Å². The average molecular weight is 376 g/mol. The molecule has 1 heterocycles. The summed E-state index contributed by atoms with van der Waals surface area (Å²) >= 11 is 3.23. The van der Waals surface area contributed by atoms with Crippen LogP contribution in [0.2, 0.25) is 0 Å². The van der Waals surface area contributed by atoms with Gasteiger partial charge in [-0.3, -0.25) is 0 Å². The molecule has 120 valence electrons. The van der Waals surface area contributed by atoms with Crippen molar-refractivity contribution in [2.24, 2.45) is 0 Å². The van der Waals surface area contributed by atoms with Gasteiger partial charge < -0.3 is 4.74 Å². The number of hydrogen-bond donors (Lipinski definition) is 0. The van der Waals surface area contributed by atoms with Crippen molar-refractivity contribution in [1.82, 2.24) is 4.98 Å². The monoisotopic (exact) mass is 375 g/mol. The molecule has 0 unspecified atom stereocenters. The number of halogens is 4. The Morgan fingerprint density at radius 1 is 1.05 bits per heavy atom. The first kappa shape index (κ1) is 20.2. The average Bonchev–Trinajstić information content (AvgIpc) is 2.53. The molecule has 0 spiro atoms. The zero-order valence-electron chi connectivity index (χ0n) is 12.3. The standard InChI is InChI=1S/C12H7BrF3NO.C2H6.C2H4/c13-10-2-1-7-17-11(10)18-9-5-3-8(4-6-9)12(14,15)16;2*1-2/h1-7H;1-2H3;1-2H2.